The van der Waals surface area contributed by atoms with Gasteiger partial charge < -0.3 is 10.1 Å². The molecule has 0 saturated carbocycles. The zero-order chi connectivity index (χ0) is 16.2. The van der Waals surface area contributed by atoms with E-state index < -0.39 is 0 Å². The van der Waals surface area contributed by atoms with E-state index >= 15 is 0 Å². The highest BCUT2D eigenvalue weighted by atomic mass is 35.5. The number of thiophene rings is 1. The van der Waals surface area contributed by atoms with Crippen molar-refractivity contribution in [2.24, 2.45) is 0 Å². The second-order valence-electron chi connectivity index (χ2n) is 5.58. The number of benzene rings is 1. The van der Waals surface area contributed by atoms with Gasteiger partial charge in [0.05, 0.1) is 17.8 Å². The molecule has 0 aliphatic carbocycles. The Balaban J connectivity index is 1.99. The monoisotopic (exact) mass is 346 g/mol. The van der Waals surface area contributed by atoms with Gasteiger partial charge in [-0.05, 0) is 42.1 Å². The van der Waals surface area contributed by atoms with Crippen LogP contribution in [-0.2, 0) is 11.3 Å². The lowest BCUT2D eigenvalue weighted by atomic mass is 10.0. The maximum atomic E-state index is 6.11. The van der Waals surface area contributed by atoms with Gasteiger partial charge in [-0.3, -0.25) is 0 Å². The number of hydrogen-bond donors (Lipinski definition) is 1. The second-order valence-corrected chi connectivity index (χ2v) is 6.80. The van der Waals surface area contributed by atoms with Crippen LogP contribution in [-0.4, -0.2) is 24.7 Å². The number of ether oxygens (including phenoxy) is 1. The van der Waals surface area contributed by atoms with Crippen molar-refractivity contribution in [1.82, 2.24) is 10.3 Å². The second kappa shape index (κ2) is 7.41. The summed E-state index contributed by atoms with van der Waals surface area (Å²) in [4.78, 5) is 4.85. The minimum Gasteiger partial charge on any atom is -0.383 e. The quantitative estimate of drug-likeness (QED) is 0.700. The number of methoxy groups -OCH3 is 1. The molecule has 0 bridgehead atoms. The first-order valence-electron chi connectivity index (χ1n) is 7.51. The van der Waals surface area contributed by atoms with Gasteiger partial charge in [-0.2, -0.15) is 11.3 Å². The van der Waals surface area contributed by atoms with Crippen LogP contribution in [0.25, 0.3) is 22.2 Å². The van der Waals surface area contributed by atoms with Crippen molar-refractivity contribution in [2.75, 3.05) is 13.7 Å². The van der Waals surface area contributed by atoms with Gasteiger partial charge in [0.25, 0.3) is 0 Å². The molecule has 2 heterocycles. The van der Waals surface area contributed by atoms with Crippen LogP contribution >= 0.6 is 22.9 Å². The van der Waals surface area contributed by atoms with Gasteiger partial charge in [-0.1, -0.05) is 17.7 Å². The Morgan fingerprint density at radius 1 is 1.30 bits per heavy atom. The molecule has 0 radical (unpaired) electrons. The minimum absolute atomic E-state index is 0.288. The molecule has 0 spiro atoms. The van der Waals surface area contributed by atoms with E-state index in [1.165, 1.54) is 5.56 Å². The average molecular weight is 347 g/mol. The summed E-state index contributed by atoms with van der Waals surface area (Å²) >= 11 is 7.79. The van der Waals surface area contributed by atoms with Gasteiger partial charge in [-0.25, -0.2) is 4.98 Å². The topological polar surface area (TPSA) is 34.1 Å². The van der Waals surface area contributed by atoms with Crippen LogP contribution in [0.3, 0.4) is 0 Å². The number of hydrogen-bond acceptors (Lipinski definition) is 4. The summed E-state index contributed by atoms with van der Waals surface area (Å²) in [5.74, 6) is 0. The summed E-state index contributed by atoms with van der Waals surface area (Å²) in [6.07, 6.45) is 0. The number of aromatic nitrogens is 1. The molecule has 1 aromatic carbocycles. The first kappa shape index (κ1) is 16.4. The number of nitrogens with one attached hydrogen (secondary N) is 1. The van der Waals surface area contributed by atoms with Crippen molar-refractivity contribution in [2.45, 2.75) is 19.5 Å². The van der Waals surface area contributed by atoms with Crippen LogP contribution in [0.5, 0.6) is 0 Å². The molecule has 2 aromatic heterocycles. The molecule has 3 rings (SSSR count). The molecule has 0 fully saturated rings. The Kier molecular flexibility index (Phi) is 5.28. The Morgan fingerprint density at radius 3 is 2.91 bits per heavy atom. The number of pyridine rings is 1. The van der Waals surface area contributed by atoms with Gasteiger partial charge >= 0.3 is 0 Å². The fourth-order valence-electron chi connectivity index (χ4n) is 2.56. The highest BCUT2D eigenvalue weighted by molar-refractivity contribution is 7.08. The first-order valence-corrected chi connectivity index (χ1v) is 8.83. The molecule has 0 aliphatic rings. The molecule has 5 heteroatoms. The Bertz CT molecular complexity index is 789. The first-order chi connectivity index (χ1) is 11.2. The van der Waals surface area contributed by atoms with Gasteiger partial charge in [0.2, 0.25) is 0 Å². The lowest BCUT2D eigenvalue weighted by Crippen LogP contribution is -2.29. The predicted molar refractivity (Wildman–Crippen MR) is 98.2 cm³/mol. The number of halogens is 1. The van der Waals surface area contributed by atoms with Crippen molar-refractivity contribution in [3.05, 3.63) is 51.7 Å². The number of rotatable bonds is 6. The third kappa shape index (κ3) is 3.90. The van der Waals surface area contributed by atoms with Crippen molar-refractivity contribution < 1.29 is 4.74 Å². The van der Waals surface area contributed by atoms with E-state index in [1.54, 1.807) is 18.4 Å². The normalized spacial score (nSPS) is 12.7. The van der Waals surface area contributed by atoms with Crippen LogP contribution in [0.1, 0.15) is 12.5 Å². The maximum Gasteiger partial charge on any atom is 0.0763 e. The third-order valence-corrected chi connectivity index (χ3v) is 4.63. The lowest BCUT2D eigenvalue weighted by Gasteiger charge is -2.15. The van der Waals surface area contributed by atoms with E-state index in [1.807, 2.05) is 18.2 Å². The molecular formula is C18H19ClN2OS. The summed E-state index contributed by atoms with van der Waals surface area (Å²) < 4.78 is 5.19. The average Bonchev–Trinajstić information content (AvgIpc) is 3.06. The van der Waals surface area contributed by atoms with Crippen LogP contribution in [0.15, 0.2) is 41.1 Å². The molecule has 0 saturated heterocycles. The minimum atomic E-state index is 0.288. The molecule has 0 aliphatic heterocycles. The van der Waals surface area contributed by atoms with E-state index in [-0.39, 0.29) is 6.04 Å². The molecular weight excluding hydrogens is 328 g/mol. The van der Waals surface area contributed by atoms with Crippen molar-refractivity contribution in [3.8, 4) is 11.3 Å². The van der Waals surface area contributed by atoms with Crippen LogP contribution < -0.4 is 5.32 Å². The molecule has 23 heavy (non-hydrogen) atoms. The highest BCUT2D eigenvalue weighted by Gasteiger charge is 2.11. The lowest BCUT2D eigenvalue weighted by molar-refractivity contribution is 0.171. The predicted octanol–water partition coefficient (Wildman–Crippen LogP) is 4.74. The van der Waals surface area contributed by atoms with Crippen LogP contribution in [0.4, 0.5) is 0 Å². The summed E-state index contributed by atoms with van der Waals surface area (Å²) in [6.45, 7) is 3.55. The van der Waals surface area contributed by atoms with Crippen LogP contribution in [0.2, 0.25) is 5.02 Å². The Labute approximate surface area is 145 Å². The third-order valence-electron chi connectivity index (χ3n) is 3.71. The molecule has 1 atom stereocenters. The van der Waals surface area contributed by atoms with Crippen molar-refractivity contribution in [3.63, 3.8) is 0 Å². The molecule has 3 nitrogen and oxygen atoms in total. The van der Waals surface area contributed by atoms with Gasteiger partial charge in [0.15, 0.2) is 0 Å². The zero-order valence-corrected chi connectivity index (χ0v) is 14.7. The molecule has 0 amide bonds. The molecule has 3 aromatic rings. The maximum absolute atomic E-state index is 6.11. The van der Waals surface area contributed by atoms with Crippen molar-refractivity contribution >= 4 is 33.8 Å². The van der Waals surface area contributed by atoms with Gasteiger partial charge in [0.1, 0.15) is 0 Å². The fraction of sp³-hybridized carbons (Fsp3) is 0.278. The van der Waals surface area contributed by atoms with E-state index in [4.69, 9.17) is 21.3 Å². The Morgan fingerprint density at radius 2 is 2.17 bits per heavy atom. The molecule has 0 unspecified atom stereocenters. The summed E-state index contributed by atoms with van der Waals surface area (Å²) in [5, 5.41) is 9.50. The smallest absolute Gasteiger partial charge is 0.0763 e. The van der Waals surface area contributed by atoms with Gasteiger partial charge in [0, 0.05) is 41.0 Å². The van der Waals surface area contributed by atoms with Crippen molar-refractivity contribution in [1.29, 1.82) is 0 Å². The van der Waals surface area contributed by atoms with E-state index in [0.717, 1.165) is 28.7 Å². The molecule has 1 N–H and O–H groups in total. The summed E-state index contributed by atoms with van der Waals surface area (Å²) in [6, 6.07) is 10.4. The number of fused-ring (bicyclic) bond motifs is 1. The van der Waals surface area contributed by atoms with Crippen LogP contribution in [0, 0.1) is 0 Å². The summed E-state index contributed by atoms with van der Waals surface area (Å²) in [5.41, 5.74) is 4.26. The fourth-order valence-corrected chi connectivity index (χ4v) is 3.37. The zero-order valence-electron chi connectivity index (χ0n) is 13.2. The SMILES string of the molecule is COC[C@H](C)NCc1cc2ccc(Cl)cc2nc1-c1ccsc1. The van der Waals surface area contributed by atoms with E-state index in [2.05, 4.69) is 35.1 Å². The van der Waals surface area contributed by atoms with E-state index in [0.29, 0.717) is 11.6 Å². The standard InChI is InChI=1S/C18H19ClN2OS/c1-12(10-22-2)20-9-15-7-13-3-4-16(19)8-17(13)21-18(15)14-5-6-23-11-14/h3-8,11-12,20H,9-10H2,1-2H3/t12-/m0/s1. The molecule has 120 valence electrons. The number of nitrogens with zero attached hydrogens (tertiary/aromatic N) is 1. The summed E-state index contributed by atoms with van der Waals surface area (Å²) in [7, 11) is 1.72. The van der Waals surface area contributed by atoms with E-state index in [9.17, 15) is 0 Å². The van der Waals surface area contributed by atoms with Gasteiger partial charge in [-0.15, -0.1) is 0 Å². The highest BCUT2D eigenvalue weighted by Crippen LogP contribution is 2.28. The largest absolute Gasteiger partial charge is 0.383 e. The Hall–Kier alpha value is -1.46.